The van der Waals surface area contributed by atoms with Crippen molar-refractivity contribution in [3.05, 3.63) is 0 Å². The first-order valence-electron chi connectivity index (χ1n) is 2.33. The maximum Gasteiger partial charge on any atom is 0.396 e. The number of aliphatic carboxylic acids is 1. The molecule has 0 radical (unpaired) electrons. The molecule has 0 aromatic carbocycles. The first-order valence-corrected chi connectivity index (χ1v) is 2.33. The number of nitrogens with one attached hydrogen (secondary N) is 1. The van der Waals surface area contributed by atoms with Gasteiger partial charge in [-0.05, 0) is 6.92 Å². The summed E-state index contributed by atoms with van der Waals surface area (Å²) < 4.78 is 0. The van der Waals surface area contributed by atoms with Gasteiger partial charge in [-0.15, -0.1) is 0 Å². The molecule has 0 fully saturated rings. The van der Waals surface area contributed by atoms with Crippen molar-refractivity contribution in [2.24, 2.45) is 0 Å². The van der Waals surface area contributed by atoms with Crippen molar-refractivity contribution < 1.29 is 19.5 Å². The summed E-state index contributed by atoms with van der Waals surface area (Å²) >= 11 is 0. The molecule has 52 valence electrons. The lowest BCUT2D eigenvalue weighted by molar-refractivity contribution is -0.156. The summed E-state index contributed by atoms with van der Waals surface area (Å²) in [5.74, 6) is -2.71. The summed E-state index contributed by atoms with van der Waals surface area (Å²) in [6.45, 7) is 1.88. The van der Waals surface area contributed by atoms with Crippen molar-refractivity contribution in [1.29, 1.82) is 0 Å². The Kier molecular flexibility index (Phi) is 3.38. The molecule has 0 unspecified atom stereocenters. The van der Waals surface area contributed by atoms with Crippen LogP contribution in [0, 0.1) is 0 Å². The second-order valence-corrected chi connectivity index (χ2v) is 1.17. The van der Waals surface area contributed by atoms with E-state index in [-0.39, 0.29) is 6.61 Å². The summed E-state index contributed by atoms with van der Waals surface area (Å²) in [5.41, 5.74) is 1.69. The molecule has 0 aromatic rings. The minimum Gasteiger partial charge on any atom is -0.474 e. The first kappa shape index (κ1) is 7.90. The molecule has 0 heterocycles. The molecule has 0 atom stereocenters. The van der Waals surface area contributed by atoms with Crippen LogP contribution in [0.1, 0.15) is 6.92 Å². The third-order valence-corrected chi connectivity index (χ3v) is 0.503. The van der Waals surface area contributed by atoms with Crippen molar-refractivity contribution in [3.63, 3.8) is 0 Å². The highest BCUT2D eigenvalue weighted by atomic mass is 16.7. The largest absolute Gasteiger partial charge is 0.474 e. The summed E-state index contributed by atoms with van der Waals surface area (Å²) in [6, 6.07) is 0. The van der Waals surface area contributed by atoms with Gasteiger partial charge in [0.05, 0.1) is 6.61 Å². The van der Waals surface area contributed by atoms with E-state index in [0.29, 0.717) is 0 Å². The number of carbonyl (C=O) groups is 2. The fraction of sp³-hybridized carbons (Fsp3) is 0.500. The van der Waals surface area contributed by atoms with Crippen LogP contribution >= 0.6 is 0 Å². The first-order chi connectivity index (χ1) is 4.18. The SMILES string of the molecule is CCONC(=O)C(=O)O. The minimum atomic E-state index is -1.55. The average Bonchev–Trinajstić information content (AvgIpc) is 1.82. The Hall–Kier alpha value is -1.10. The lowest BCUT2D eigenvalue weighted by Gasteiger charge is -1.96. The fourth-order valence-corrected chi connectivity index (χ4v) is 0.181. The summed E-state index contributed by atoms with van der Waals surface area (Å²) in [6.07, 6.45) is 0. The molecule has 1 amide bonds. The molecule has 0 aliphatic rings. The van der Waals surface area contributed by atoms with Crippen LogP contribution in [0.25, 0.3) is 0 Å². The Bertz CT molecular complexity index is 122. The van der Waals surface area contributed by atoms with Crippen molar-refractivity contribution in [1.82, 2.24) is 5.48 Å². The van der Waals surface area contributed by atoms with Crippen LogP contribution in [-0.4, -0.2) is 23.6 Å². The number of carbonyl (C=O) groups excluding carboxylic acids is 1. The van der Waals surface area contributed by atoms with Gasteiger partial charge >= 0.3 is 11.9 Å². The van der Waals surface area contributed by atoms with Gasteiger partial charge in [0.25, 0.3) is 0 Å². The fourth-order valence-electron chi connectivity index (χ4n) is 0.181. The zero-order valence-corrected chi connectivity index (χ0v) is 4.88. The molecule has 9 heavy (non-hydrogen) atoms. The maximum absolute atomic E-state index is 10.1. The van der Waals surface area contributed by atoms with E-state index in [0.717, 1.165) is 0 Å². The highest BCUT2D eigenvalue weighted by Gasteiger charge is 2.08. The van der Waals surface area contributed by atoms with E-state index in [4.69, 9.17) is 5.11 Å². The predicted octanol–water partition coefficient (Wildman–Crippen LogP) is -0.861. The number of hydrogen-bond donors (Lipinski definition) is 2. The summed E-state index contributed by atoms with van der Waals surface area (Å²) in [7, 11) is 0. The van der Waals surface area contributed by atoms with Gasteiger partial charge in [-0.2, -0.15) is 0 Å². The van der Waals surface area contributed by atoms with E-state index in [9.17, 15) is 9.59 Å². The summed E-state index contributed by atoms with van der Waals surface area (Å²) in [5, 5.41) is 7.92. The van der Waals surface area contributed by atoms with E-state index in [2.05, 4.69) is 4.84 Å². The molecule has 0 aliphatic heterocycles. The Morgan fingerprint density at radius 2 is 2.22 bits per heavy atom. The van der Waals surface area contributed by atoms with Crippen LogP contribution < -0.4 is 5.48 Å². The maximum atomic E-state index is 10.1. The van der Waals surface area contributed by atoms with E-state index in [1.807, 2.05) is 0 Å². The molecule has 0 bridgehead atoms. The van der Waals surface area contributed by atoms with Crippen LogP contribution in [0.15, 0.2) is 0 Å². The number of amides is 1. The second-order valence-electron chi connectivity index (χ2n) is 1.17. The van der Waals surface area contributed by atoms with Crippen molar-refractivity contribution in [3.8, 4) is 0 Å². The molecule has 0 spiro atoms. The monoisotopic (exact) mass is 133 g/mol. The lowest BCUT2D eigenvalue weighted by atomic mass is 10.7. The molecule has 5 nitrogen and oxygen atoms in total. The highest BCUT2D eigenvalue weighted by Crippen LogP contribution is 1.67. The van der Waals surface area contributed by atoms with E-state index in [1.165, 1.54) is 0 Å². The molecular formula is C4H7NO4. The highest BCUT2D eigenvalue weighted by molar-refractivity contribution is 6.31. The normalized spacial score (nSPS) is 8.56. The zero-order valence-electron chi connectivity index (χ0n) is 4.88. The molecule has 0 aliphatic carbocycles. The van der Waals surface area contributed by atoms with Crippen molar-refractivity contribution in [2.45, 2.75) is 6.92 Å². The van der Waals surface area contributed by atoms with Gasteiger partial charge in [-0.1, -0.05) is 0 Å². The van der Waals surface area contributed by atoms with Gasteiger partial charge in [0, 0.05) is 0 Å². The molecular weight excluding hydrogens is 126 g/mol. The standard InChI is InChI=1S/C4H7NO4/c1-2-9-5-3(6)4(7)8/h2H2,1H3,(H,5,6)(H,7,8). The summed E-state index contributed by atoms with van der Waals surface area (Å²) in [4.78, 5) is 24.1. The van der Waals surface area contributed by atoms with Crippen molar-refractivity contribution >= 4 is 11.9 Å². The number of hydrogen-bond acceptors (Lipinski definition) is 3. The number of rotatable bonds is 2. The second kappa shape index (κ2) is 3.85. The number of carboxylic acid groups (broad SMARTS) is 1. The molecule has 2 N–H and O–H groups in total. The Morgan fingerprint density at radius 1 is 1.67 bits per heavy atom. The minimum absolute atomic E-state index is 0.249. The molecule has 5 heteroatoms. The zero-order chi connectivity index (χ0) is 7.28. The molecule has 0 aromatic heterocycles. The van der Waals surface area contributed by atoms with Crippen LogP contribution in [0.4, 0.5) is 0 Å². The molecule has 0 saturated carbocycles. The van der Waals surface area contributed by atoms with Gasteiger partial charge in [0.15, 0.2) is 0 Å². The Balaban J connectivity index is 3.39. The van der Waals surface area contributed by atoms with Crippen LogP contribution in [0.3, 0.4) is 0 Å². The van der Waals surface area contributed by atoms with Gasteiger partial charge in [-0.3, -0.25) is 9.63 Å². The van der Waals surface area contributed by atoms with Crippen molar-refractivity contribution in [2.75, 3.05) is 6.61 Å². The quantitative estimate of drug-likeness (QED) is 0.379. The van der Waals surface area contributed by atoms with Crippen LogP contribution in [0.2, 0.25) is 0 Å². The lowest BCUT2D eigenvalue weighted by Crippen LogP contribution is -2.30. The van der Waals surface area contributed by atoms with E-state index >= 15 is 0 Å². The number of carboxylic acids is 1. The Labute approximate surface area is 51.6 Å². The van der Waals surface area contributed by atoms with Gasteiger partial charge in [0.1, 0.15) is 0 Å². The smallest absolute Gasteiger partial charge is 0.396 e. The third-order valence-electron chi connectivity index (χ3n) is 0.503. The van der Waals surface area contributed by atoms with Gasteiger partial charge in [-0.25, -0.2) is 10.3 Å². The topological polar surface area (TPSA) is 75.6 Å². The van der Waals surface area contributed by atoms with Gasteiger partial charge < -0.3 is 5.11 Å². The number of hydroxylamine groups is 1. The van der Waals surface area contributed by atoms with E-state index < -0.39 is 11.9 Å². The molecule has 0 rings (SSSR count). The molecule has 0 saturated heterocycles. The average molecular weight is 133 g/mol. The Morgan fingerprint density at radius 3 is 2.56 bits per heavy atom. The third kappa shape index (κ3) is 3.48. The van der Waals surface area contributed by atoms with Crippen LogP contribution in [0.5, 0.6) is 0 Å². The predicted molar refractivity (Wildman–Crippen MR) is 27.4 cm³/mol. The van der Waals surface area contributed by atoms with E-state index in [1.54, 1.807) is 12.4 Å². The van der Waals surface area contributed by atoms with Crippen LogP contribution in [-0.2, 0) is 14.4 Å². The van der Waals surface area contributed by atoms with Gasteiger partial charge in [0.2, 0.25) is 0 Å².